The van der Waals surface area contributed by atoms with Crippen LogP contribution in [0, 0.1) is 13.8 Å². The minimum Gasteiger partial charge on any atom is -0.290 e. The van der Waals surface area contributed by atoms with Gasteiger partial charge in [0.2, 0.25) is 0 Å². The van der Waals surface area contributed by atoms with Crippen LogP contribution in [0.5, 0.6) is 0 Å². The minimum atomic E-state index is 0.328. The van der Waals surface area contributed by atoms with Crippen molar-refractivity contribution in [1.82, 2.24) is 24.6 Å². The van der Waals surface area contributed by atoms with Crippen molar-refractivity contribution in [2.75, 3.05) is 6.54 Å². The Balaban J connectivity index is 1.84. The maximum absolute atomic E-state index is 6.43. The molecule has 0 saturated carbocycles. The van der Waals surface area contributed by atoms with Crippen LogP contribution in [0.15, 0.2) is 12.4 Å². The molecule has 0 amide bonds. The molecule has 3 heterocycles. The van der Waals surface area contributed by atoms with Crippen LogP contribution in [-0.4, -0.2) is 31.2 Å². The Hall–Kier alpha value is -1.46. The lowest BCUT2D eigenvalue weighted by Gasteiger charge is -2.24. The van der Waals surface area contributed by atoms with E-state index in [1.165, 1.54) is 6.42 Å². The van der Waals surface area contributed by atoms with Gasteiger partial charge in [0.05, 0.1) is 17.1 Å². The first-order valence-corrected chi connectivity index (χ1v) is 7.64. The summed E-state index contributed by atoms with van der Waals surface area (Å²) in [6, 6.07) is 0.328. The van der Waals surface area contributed by atoms with E-state index in [1.807, 2.05) is 33.3 Å². The van der Waals surface area contributed by atoms with Crippen molar-refractivity contribution < 1.29 is 0 Å². The molecular formula is C15H20ClN5. The molecule has 5 nitrogen and oxygen atoms in total. The molecule has 1 aliphatic rings. The molecule has 1 atom stereocenters. The molecule has 1 saturated heterocycles. The van der Waals surface area contributed by atoms with Gasteiger partial charge in [0.15, 0.2) is 0 Å². The summed E-state index contributed by atoms with van der Waals surface area (Å²) in [4.78, 5) is 11.2. The lowest BCUT2D eigenvalue weighted by atomic mass is 10.1. The van der Waals surface area contributed by atoms with Crippen molar-refractivity contribution >= 4 is 11.6 Å². The molecule has 0 aliphatic carbocycles. The van der Waals surface area contributed by atoms with Crippen LogP contribution < -0.4 is 0 Å². The smallest absolute Gasteiger partial charge is 0.131 e. The molecule has 6 heteroatoms. The standard InChI is InChI=1S/C15H20ClN5/c1-10-7-18-12(8-17-10)9-21-6-4-5-13(21)14-11(2)19-20(3)15(14)16/h7-8,13H,4-6,9H2,1-3H3/t13-/m0/s1. The third-order valence-electron chi connectivity index (χ3n) is 4.09. The molecule has 1 fully saturated rings. The van der Waals surface area contributed by atoms with E-state index in [1.54, 1.807) is 4.68 Å². The van der Waals surface area contributed by atoms with Gasteiger partial charge in [-0.15, -0.1) is 0 Å². The van der Waals surface area contributed by atoms with Gasteiger partial charge in [0.25, 0.3) is 0 Å². The van der Waals surface area contributed by atoms with E-state index >= 15 is 0 Å². The topological polar surface area (TPSA) is 46.8 Å². The lowest BCUT2D eigenvalue weighted by Crippen LogP contribution is -2.24. The highest BCUT2D eigenvalue weighted by molar-refractivity contribution is 6.30. The first-order valence-electron chi connectivity index (χ1n) is 7.27. The summed E-state index contributed by atoms with van der Waals surface area (Å²) in [6.45, 7) is 5.85. The summed E-state index contributed by atoms with van der Waals surface area (Å²) in [5.74, 6) is 0. The van der Waals surface area contributed by atoms with Crippen LogP contribution >= 0.6 is 11.6 Å². The predicted molar refractivity (Wildman–Crippen MR) is 82.1 cm³/mol. The van der Waals surface area contributed by atoms with Crippen LogP contribution in [0.1, 0.15) is 41.5 Å². The SMILES string of the molecule is Cc1cnc(CN2CCC[C@H]2c2c(C)nn(C)c2Cl)cn1. The van der Waals surface area contributed by atoms with Crippen molar-refractivity contribution in [3.63, 3.8) is 0 Å². The van der Waals surface area contributed by atoms with Crippen molar-refractivity contribution in [2.45, 2.75) is 39.3 Å². The van der Waals surface area contributed by atoms with Crippen LogP contribution in [0.25, 0.3) is 0 Å². The summed E-state index contributed by atoms with van der Waals surface area (Å²) in [5.41, 5.74) is 4.14. The fraction of sp³-hybridized carbons (Fsp3) is 0.533. The number of nitrogens with zero attached hydrogens (tertiary/aromatic N) is 5. The van der Waals surface area contributed by atoms with Gasteiger partial charge >= 0.3 is 0 Å². The van der Waals surface area contributed by atoms with Crippen molar-refractivity contribution in [2.24, 2.45) is 7.05 Å². The summed E-state index contributed by atoms with van der Waals surface area (Å²) in [6.07, 6.45) is 5.98. The van der Waals surface area contributed by atoms with E-state index in [4.69, 9.17) is 11.6 Å². The highest BCUT2D eigenvalue weighted by atomic mass is 35.5. The monoisotopic (exact) mass is 305 g/mol. The molecule has 0 aromatic carbocycles. The maximum Gasteiger partial charge on any atom is 0.131 e. The zero-order valence-corrected chi connectivity index (χ0v) is 13.4. The number of hydrogen-bond donors (Lipinski definition) is 0. The molecule has 0 radical (unpaired) electrons. The number of aromatic nitrogens is 4. The Morgan fingerprint density at radius 3 is 2.71 bits per heavy atom. The van der Waals surface area contributed by atoms with Crippen LogP contribution in [0.3, 0.4) is 0 Å². The van der Waals surface area contributed by atoms with E-state index in [-0.39, 0.29) is 0 Å². The molecule has 1 aliphatic heterocycles. The molecule has 2 aromatic heterocycles. The van der Waals surface area contributed by atoms with Gasteiger partial charge in [-0.1, -0.05) is 11.6 Å². The largest absolute Gasteiger partial charge is 0.290 e. The number of hydrogen-bond acceptors (Lipinski definition) is 4. The molecule has 3 rings (SSSR count). The van der Waals surface area contributed by atoms with Gasteiger partial charge < -0.3 is 0 Å². The molecule has 2 aromatic rings. The van der Waals surface area contributed by atoms with E-state index in [0.29, 0.717) is 6.04 Å². The molecule has 0 N–H and O–H groups in total. The third kappa shape index (κ3) is 2.80. The van der Waals surface area contributed by atoms with E-state index in [9.17, 15) is 0 Å². The average molecular weight is 306 g/mol. The second-order valence-electron chi connectivity index (χ2n) is 5.69. The molecule has 0 spiro atoms. The molecule has 0 unspecified atom stereocenters. The fourth-order valence-electron chi connectivity index (χ4n) is 3.08. The van der Waals surface area contributed by atoms with Gasteiger partial charge in [0.1, 0.15) is 5.15 Å². The normalized spacial score (nSPS) is 19.3. The summed E-state index contributed by atoms with van der Waals surface area (Å²) >= 11 is 6.43. The van der Waals surface area contributed by atoms with Gasteiger partial charge in [-0.3, -0.25) is 19.5 Å². The lowest BCUT2D eigenvalue weighted by molar-refractivity contribution is 0.244. The molecule has 112 valence electrons. The van der Waals surface area contributed by atoms with Crippen molar-refractivity contribution in [3.8, 4) is 0 Å². The first-order chi connectivity index (χ1) is 10.1. The second kappa shape index (κ2) is 5.73. The summed E-state index contributed by atoms with van der Waals surface area (Å²) in [7, 11) is 1.89. The summed E-state index contributed by atoms with van der Waals surface area (Å²) < 4.78 is 1.76. The Morgan fingerprint density at radius 2 is 2.10 bits per heavy atom. The van der Waals surface area contributed by atoms with Crippen LogP contribution in [-0.2, 0) is 13.6 Å². The first kappa shape index (κ1) is 14.5. The zero-order chi connectivity index (χ0) is 15.0. The Morgan fingerprint density at radius 1 is 1.29 bits per heavy atom. The quantitative estimate of drug-likeness (QED) is 0.875. The number of aryl methyl sites for hydroxylation is 3. The van der Waals surface area contributed by atoms with Crippen LogP contribution in [0.2, 0.25) is 5.15 Å². The highest BCUT2D eigenvalue weighted by Crippen LogP contribution is 2.38. The molecule has 21 heavy (non-hydrogen) atoms. The minimum absolute atomic E-state index is 0.328. The Bertz CT molecular complexity index is 634. The predicted octanol–water partition coefficient (Wildman–Crippen LogP) is 2.82. The van der Waals surface area contributed by atoms with Gasteiger partial charge in [-0.05, 0) is 33.2 Å². The van der Waals surface area contributed by atoms with Gasteiger partial charge in [0, 0.05) is 37.6 Å². The van der Waals surface area contributed by atoms with Crippen LogP contribution in [0.4, 0.5) is 0 Å². The highest BCUT2D eigenvalue weighted by Gasteiger charge is 2.31. The second-order valence-corrected chi connectivity index (χ2v) is 6.05. The maximum atomic E-state index is 6.43. The van der Waals surface area contributed by atoms with Crippen molar-refractivity contribution in [1.29, 1.82) is 0 Å². The van der Waals surface area contributed by atoms with E-state index in [0.717, 1.165) is 47.3 Å². The molecular weight excluding hydrogens is 286 g/mol. The van der Waals surface area contributed by atoms with Gasteiger partial charge in [-0.25, -0.2) is 0 Å². The van der Waals surface area contributed by atoms with E-state index in [2.05, 4.69) is 20.0 Å². The zero-order valence-electron chi connectivity index (χ0n) is 12.7. The number of likely N-dealkylation sites (tertiary alicyclic amines) is 1. The van der Waals surface area contributed by atoms with E-state index < -0.39 is 0 Å². The third-order valence-corrected chi connectivity index (χ3v) is 4.54. The van der Waals surface area contributed by atoms with Gasteiger partial charge in [-0.2, -0.15) is 5.10 Å². The number of halogens is 1. The Kier molecular flexibility index (Phi) is 3.95. The number of rotatable bonds is 3. The van der Waals surface area contributed by atoms with Crippen molar-refractivity contribution in [3.05, 3.63) is 40.2 Å². The Labute approximate surface area is 130 Å². The molecule has 0 bridgehead atoms. The summed E-state index contributed by atoms with van der Waals surface area (Å²) in [5, 5.41) is 5.19. The fourth-order valence-corrected chi connectivity index (χ4v) is 3.38. The average Bonchev–Trinajstić information content (AvgIpc) is 2.98.